The van der Waals surface area contributed by atoms with E-state index in [0.29, 0.717) is 13.2 Å². The van der Waals surface area contributed by atoms with Crippen LogP contribution in [0.1, 0.15) is 28.7 Å². The number of hydrogen-bond donors (Lipinski definition) is 2. The number of ether oxygens (including phenoxy) is 1. The third kappa shape index (κ3) is 1.96. The number of hydrogen-bond acceptors (Lipinski definition) is 6. The second-order valence-electron chi connectivity index (χ2n) is 3.50. The SMILES string of the molecule is CCOC(=O)c1nc(N)nc2c1CNCC2. The zero-order valence-electron chi connectivity index (χ0n) is 9.12. The van der Waals surface area contributed by atoms with Crippen LogP contribution in [-0.4, -0.2) is 29.1 Å². The van der Waals surface area contributed by atoms with E-state index in [-0.39, 0.29) is 11.6 Å². The summed E-state index contributed by atoms with van der Waals surface area (Å²) in [5.41, 5.74) is 7.50. The van der Waals surface area contributed by atoms with E-state index in [1.807, 2.05) is 0 Å². The Labute approximate surface area is 93.2 Å². The first-order valence-electron chi connectivity index (χ1n) is 5.25. The summed E-state index contributed by atoms with van der Waals surface area (Å²) in [7, 11) is 0. The molecule has 0 radical (unpaired) electrons. The highest BCUT2D eigenvalue weighted by atomic mass is 16.5. The number of esters is 1. The van der Waals surface area contributed by atoms with Gasteiger partial charge in [0.25, 0.3) is 0 Å². The van der Waals surface area contributed by atoms with E-state index in [1.54, 1.807) is 6.92 Å². The van der Waals surface area contributed by atoms with Crippen LogP contribution in [0.3, 0.4) is 0 Å². The van der Waals surface area contributed by atoms with E-state index in [4.69, 9.17) is 10.5 Å². The predicted octanol–water partition coefficient (Wildman–Crippen LogP) is -0.119. The van der Waals surface area contributed by atoms with Crippen molar-refractivity contribution >= 4 is 11.9 Å². The summed E-state index contributed by atoms with van der Waals surface area (Å²) in [4.78, 5) is 19.8. The number of nitrogen functional groups attached to an aromatic ring is 1. The first-order chi connectivity index (χ1) is 7.72. The number of nitrogens with two attached hydrogens (primary N) is 1. The molecular weight excluding hydrogens is 208 g/mol. The molecule has 1 aliphatic rings. The molecule has 0 aromatic carbocycles. The number of anilines is 1. The average Bonchev–Trinajstić information content (AvgIpc) is 2.28. The maximum Gasteiger partial charge on any atom is 0.357 e. The monoisotopic (exact) mass is 222 g/mol. The third-order valence-corrected chi connectivity index (χ3v) is 2.42. The van der Waals surface area contributed by atoms with Crippen LogP contribution in [0.4, 0.5) is 5.95 Å². The van der Waals surface area contributed by atoms with Crippen molar-refractivity contribution in [3.63, 3.8) is 0 Å². The number of aromatic nitrogens is 2. The largest absolute Gasteiger partial charge is 0.461 e. The molecule has 0 bridgehead atoms. The number of carbonyl (C=O) groups excluding carboxylic acids is 1. The molecule has 1 aromatic rings. The molecule has 0 spiro atoms. The molecule has 0 saturated heterocycles. The van der Waals surface area contributed by atoms with Crippen molar-refractivity contribution in [3.8, 4) is 0 Å². The maximum absolute atomic E-state index is 11.7. The highest BCUT2D eigenvalue weighted by Gasteiger charge is 2.22. The molecule has 0 fully saturated rings. The van der Waals surface area contributed by atoms with Gasteiger partial charge in [-0.1, -0.05) is 0 Å². The fourth-order valence-electron chi connectivity index (χ4n) is 1.73. The zero-order valence-corrected chi connectivity index (χ0v) is 9.12. The molecule has 0 saturated carbocycles. The minimum Gasteiger partial charge on any atom is -0.461 e. The van der Waals surface area contributed by atoms with Gasteiger partial charge in [0, 0.05) is 25.1 Å². The molecular formula is C10H14N4O2. The van der Waals surface area contributed by atoms with Gasteiger partial charge >= 0.3 is 5.97 Å². The van der Waals surface area contributed by atoms with Gasteiger partial charge in [0.05, 0.1) is 12.3 Å². The first-order valence-corrected chi connectivity index (χ1v) is 5.25. The lowest BCUT2D eigenvalue weighted by Crippen LogP contribution is -2.28. The third-order valence-electron chi connectivity index (χ3n) is 2.42. The normalized spacial score (nSPS) is 14.3. The van der Waals surface area contributed by atoms with Crippen molar-refractivity contribution < 1.29 is 9.53 Å². The summed E-state index contributed by atoms with van der Waals surface area (Å²) in [6.45, 7) is 3.51. The Morgan fingerprint density at radius 1 is 1.56 bits per heavy atom. The van der Waals surface area contributed by atoms with E-state index in [2.05, 4.69) is 15.3 Å². The standard InChI is InChI=1S/C10H14N4O2/c1-2-16-9(15)8-6-5-12-4-3-7(6)13-10(11)14-8/h12H,2-5H2,1H3,(H2,11,13,14). The van der Waals surface area contributed by atoms with Crippen LogP contribution in [-0.2, 0) is 17.7 Å². The summed E-state index contributed by atoms with van der Waals surface area (Å²) in [5.74, 6) is -0.305. The molecule has 1 aromatic heterocycles. The molecule has 0 atom stereocenters. The summed E-state index contributed by atoms with van der Waals surface area (Å²) in [6, 6.07) is 0. The minimum atomic E-state index is -0.434. The highest BCUT2D eigenvalue weighted by molar-refractivity contribution is 5.89. The van der Waals surface area contributed by atoms with Gasteiger partial charge in [-0.3, -0.25) is 0 Å². The van der Waals surface area contributed by atoms with Crippen molar-refractivity contribution in [3.05, 3.63) is 17.0 Å². The summed E-state index contributed by atoms with van der Waals surface area (Å²) < 4.78 is 4.94. The molecule has 2 heterocycles. The lowest BCUT2D eigenvalue weighted by atomic mass is 10.1. The lowest BCUT2D eigenvalue weighted by Gasteiger charge is -2.18. The van der Waals surface area contributed by atoms with Crippen LogP contribution >= 0.6 is 0 Å². The quantitative estimate of drug-likeness (QED) is 0.678. The summed E-state index contributed by atoms with van der Waals surface area (Å²) >= 11 is 0. The smallest absolute Gasteiger partial charge is 0.357 e. The Morgan fingerprint density at radius 3 is 3.12 bits per heavy atom. The van der Waals surface area contributed by atoms with Crippen molar-refractivity contribution in [2.75, 3.05) is 18.9 Å². The van der Waals surface area contributed by atoms with Crippen molar-refractivity contribution in [2.24, 2.45) is 0 Å². The summed E-state index contributed by atoms with van der Waals surface area (Å²) in [5, 5.41) is 3.17. The van der Waals surface area contributed by atoms with Crippen LogP contribution in [0.2, 0.25) is 0 Å². The van der Waals surface area contributed by atoms with Gasteiger partial charge in [-0.05, 0) is 6.92 Å². The van der Waals surface area contributed by atoms with Gasteiger partial charge in [0.15, 0.2) is 5.69 Å². The van der Waals surface area contributed by atoms with E-state index in [9.17, 15) is 4.79 Å². The molecule has 0 amide bonds. The van der Waals surface area contributed by atoms with Crippen LogP contribution in [0.15, 0.2) is 0 Å². The molecule has 1 aliphatic heterocycles. The van der Waals surface area contributed by atoms with Crippen LogP contribution in [0.5, 0.6) is 0 Å². The Morgan fingerprint density at radius 2 is 2.38 bits per heavy atom. The van der Waals surface area contributed by atoms with Crippen LogP contribution < -0.4 is 11.1 Å². The molecule has 0 aliphatic carbocycles. The molecule has 6 nitrogen and oxygen atoms in total. The molecule has 0 unspecified atom stereocenters. The van der Waals surface area contributed by atoms with Gasteiger partial charge in [-0.2, -0.15) is 0 Å². The number of carbonyl (C=O) groups is 1. The highest BCUT2D eigenvalue weighted by Crippen LogP contribution is 2.17. The maximum atomic E-state index is 11.7. The Hall–Kier alpha value is -1.69. The van der Waals surface area contributed by atoms with E-state index in [0.717, 1.165) is 24.2 Å². The number of nitrogens with one attached hydrogen (secondary N) is 1. The lowest BCUT2D eigenvalue weighted by molar-refractivity contribution is 0.0517. The van der Waals surface area contributed by atoms with Gasteiger partial charge in [0.1, 0.15) is 0 Å². The fraction of sp³-hybridized carbons (Fsp3) is 0.500. The van der Waals surface area contributed by atoms with Gasteiger partial charge < -0.3 is 15.8 Å². The first kappa shape index (κ1) is 10.8. The van der Waals surface area contributed by atoms with Crippen molar-refractivity contribution in [1.82, 2.24) is 15.3 Å². The Kier molecular flexibility index (Phi) is 3.00. The van der Waals surface area contributed by atoms with Crippen LogP contribution in [0, 0.1) is 0 Å². The van der Waals surface area contributed by atoms with Crippen molar-refractivity contribution in [1.29, 1.82) is 0 Å². The molecule has 86 valence electrons. The van der Waals surface area contributed by atoms with E-state index in [1.165, 1.54) is 0 Å². The fourth-order valence-corrected chi connectivity index (χ4v) is 1.73. The van der Waals surface area contributed by atoms with E-state index < -0.39 is 5.97 Å². The van der Waals surface area contributed by atoms with Gasteiger partial charge in [-0.25, -0.2) is 14.8 Å². The molecule has 16 heavy (non-hydrogen) atoms. The second kappa shape index (κ2) is 4.44. The van der Waals surface area contributed by atoms with Crippen LogP contribution in [0.25, 0.3) is 0 Å². The number of fused-ring (bicyclic) bond motifs is 1. The Balaban J connectivity index is 2.43. The minimum absolute atomic E-state index is 0.128. The van der Waals surface area contributed by atoms with Gasteiger partial charge in [0.2, 0.25) is 5.95 Å². The molecule has 3 N–H and O–H groups in total. The van der Waals surface area contributed by atoms with E-state index >= 15 is 0 Å². The second-order valence-corrected chi connectivity index (χ2v) is 3.50. The molecule has 2 rings (SSSR count). The average molecular weight is 222 g/mol. The number of rotatable bonds is 2. The van der Waals surface area contributed by atoms with Gasteiger partial charge in [-0.15, -0.1) is 0 Å². The summed E-state index contributed by atoms with van der Waals surface area (Å²) in [6.07, 6.45) is 0.758. The Bertz CT molecular complexity index is 420. The topological polar surface area (TPSA) is 90.1 Å². The van der Waals surface area contributed by atoms with Crippen molar-refractivity contribution in [2.45, 2.75) is 19.9 Å². The number of nitrogens with zero attached hydrogens (tertiary/aromatic N) is 2. The molecule has 6 heteroatoms. The zero-order chi connectivity index (χ0) is 11.5. The predicted molar refractivity (Wildman–Crippen MR) is 57.8 cm³/mol.